The van der Waals surface area contributed by atoms with Gasteiger partial charge >= 0.3 is 43.8 Å². The van der Waals surface area contributed by atoms with Crippen molar-refractivity contribution in [2.24, 2.45) is 5.73 Å². The van der Waals surface area contributed by atoms with Crippen LogP contribution in [0.25, 0.3) is 0 Å². The van der Waals surface area contributed by atoms with Crippen LogP contribution in [0, 0.1) is 0 Å². The zero-order valence-electron chi connectivity index (χ0n) is 6.55. The van der Waals surface area contributed by atoms with Gasteiger partial charge < -0.3 is 19.0 Å². The molecule has 0 aromatic carbocycles. The van der Waals surface area contributed by atoms with E-state index in [0.717, 1.165) is 0 Å². The van der Waals surface area contributed by atoms with Gasteiger partial charge in [-0.05, 0) is 0 Å². The molecule has 0 fully saturated rings. The number of nitrogens with one attached hydrogen (secondary N) is 1. The molecule has 5 heteroatoms. The summed E-state index contributed by atoms with van der Waals surface area (Å²) in [6, 6.07) is -0.603. The van der Waals surface area contributed by atoms with E-state index in [-0.39, 0.29) is 53.7 Å². The van der Waals surface area contributed by atoms with Crippen molar-refractivity contribution in [1.82, 2.24) is 5.32 Å². The van der Waals surface area contributed by atoms with E-state index in [4.69, 9.17) is 5.11 Å². The number of primary amides is 1. The second kappa shape index (κ2) is 7.49. The van der Waals surface area contributed by atoms with Crippen LogP contribution in [-0.4, -0.2) is 62.0 Å². The molecular formula is C3H10CaN2O2. The molecule has 0 aliphatic carbocycles. The van der Waals surface area contributed by atoms with E-state index < -0.39 is 6.03 Å². The third kappa shape index (κ3) is 9.70. The quantitative estimate of drug-likeness (QED) is 0.414. The number of nitrogens with two attached hydrogens (primary N) is 1. The molecule has 0 aromatic heterocycles. The fourth-order valence-electron chi connectivity index (χ4n) is 0.179. The number of urea groups is 1. The summed E-state index contributed by atoms with van der Waals surface area (Å²) < 4.78 is 0. The second-order valence-electron chi connectivity index (χ2n) is 1.01. The predicted molar refractivity (Wildman–Crippen MR) is 32.6 cm³/mol. The van der Waals surface area contributed by atoms with Gasteiger partial charge in [-0.3, -0.25) is 0 Å². The maximum atomic E-state index is 9.76. The average Bonchev–Trinajstić information content (AvgIpc) is 1.61. The average molecular weight is 146 g/mol. The third-order valence-electron chi connectivity index (χ3n) is 0.411. The van der Waals surface area contributed by atoms with E-state index in [9.17, 15) is 4.79 Å². The summed E-state index contributed by atoms with van der Waals surface area (Å²) in [6.45, 7) is 0.165. The van der Waals surface area contributed by atoms with E-state index in [2.05, 4.69) is 11.1 Å². The first-order valence-corrected chi connectivity index (χ1v) is 1.91. The Morgan fingerprint density at radius 2 is 2.38 bits per heavy atom. The van der Waals surface area contributed by atoms with Crippen molar-refractivity contribution in [3.8, 4) is 0 Å². The Balaban J connectivity index is -0.0000000600. The van der Waals surface area contributed by atoms with Crippen LogP contribution in [0.3, 0.4) is 0 Å². The third-order valence-corrected chi connectivity index (χ3v) is 0.411. The van der Waals surface area contributed by atoms with Gasteiger partial charge in [0, 0.05) is 6.54 Å². The van der Waals surface area contributed by atoms with Crippen molar-refractivity contribution in [2.45, 2.75) is 0 Å². The topological polar surface area (TPSA) is 75.4 Å². The van der Waals surface area contributed by atoms with Gasteiger partial charge in [0.25, 0.3) is 0 Å². The van der Waals surface area contributed by atoms with Gasteiger partial charge in [0.2, 0.25) is 0 Å². The van der Waals surface area contributed by atoms with Crippen molar-refractivity contribution in [2.75, 3.05) is 13.2 Å². The molecule has 0 atom stereocenters. The smallest absolute Gasteiger partial charge is 1.00 e. The number of aliphatic hydroxyl groups is 1. The first-order valence-electron chi connectivity index (χ1n) is 1.91. The zero-order valence-corrected chi connectivity index (χ0v) is 6.76. The number of amides is 2. The molecule has 0 radical (unpaired) electrons. The summed E-state index contributed by atoms with van der Waals surface area (Å²) in [7, 11) is 0. The molecule has 4 N–H and O–H groups in total. The van der Waals surface area contributed by atoms with Gasteiger partial charge in [0.1, 0.15) is 0 Å². The number of aliphatic hydroxyl groups excluding tert-OH is 1. The molecule has 46 valence electrons. The van der Waals surface area contributed by atoms with Gasteiger partial charge in [0.05, 0.1) is 6.61 Å². The molecule has 8 heavy (non-hydrogen) atoms. The van der Waals surface area contributed by atoms with Crippen LogP contribution in [0.2, 0.25) is 0 Å². The normalized spacial score (nSPS) is 7.12. The Hall–Kier alpha value is 0.490. The van der Waals surface area contributed by atoms with Gasteiger partial charge in [-0.2, -0.15) is 0 Å². The molecule has 0 unspecified atom stereocenters. The Morgan fingerprint density at radius 1 is 1.88 bits per heavy atom. The second-order valence-corrected chi connectivity index (χ2v) is 1.01. The molecule has 2 amide bonds. The molecule has 0 aliphatic heterocycles. The number of rotatable bonds is 2. The number of carbonyl (C=O) groups is 1. The Labute approximate surface area is 80.4 Å². The Morgan fingerprint density at radius 3 is 2.50 bits per heavy atom. The maximum Gasteiger partial charge on any atom is 2.00 e. The molecule has 0 saturated carbocycles. The SMILES string of the molecule is NC(=O)NCCO.[Ca+2].[H-].[H-]. The van der Waals surface area contributed by atoms with Crippen molar-refractivity contribution in [3.63, 3.8) is 0 Å². The van der Waals surface area contributed by atoms with Crippen molar-refractivity contribution >= 4 is 43.8 Å². The van der Waals surface area contributed by atoms with Crippen LogP contribution < -0.4 is 11.1 Å². The van der Waals surface area contributed by atoms with Crippen LogP contribution in [0.1, 0.15) is 2.85 Å². The monoisotopic (exact) mass is 146 g/mol. The fraction of sp³-hybridized carbons (Fsp3) is 0.667. The zero-order chi connectivity index (χ0) is 5.70. The molecule has 0 spiro atoms. The molecular weight excluding hydrogens is 136 g/mol. The Bertz CT molecular complexity index is 75.5. The van der Waals surface area contributed by atoms with E-state index >= 15 is 0 Å². The maximum absolute atomic E-state index is 9.76. The summed E-state index contributed by atoms with van der Waals surface area (Å²) in [4.78, 5) is 9.76. The van der Waals surface area contributed by atoms with E-state index in [0.29, 0.717) is 0 Å². The molecule has 0 heterocycles. The number of hydrogen-bond acceptors (Lipinski definition) is 2. The van der Waals surface area contributed by atoms with E-state index in [1.807, 2.05) is 0 Å². The van der Waals surface area contributed by atoms with Crippen molar-refractivity contribution < 1.29 is 12.8 Å². The van der Waals surface area contributed by atoms with E-state index in [1.165, 1.54) is 0 Å². The van der Waals surface area contributed by atoms with E-state index in [1.54, 1.807) is 0 Å². The largest absolute Gasteiger partial charge is 2.00 e. The number of hydrogen-bond donors (Lipinski definition) is 3. The summed E-state index contributed by atoms with van der Waals surface area (Å²) in [5.74, 6) is 0. The first kappa shape index (κ1) is 11.3. The molecule has 0 aliphatic rings. The summed E-state index contributed by atoms with van der Waals surface area (Å²) >= 11 is 0. The van der Waals surface area contributed by atoms with Crippen LogP contribution in [-0.2, 0) is 0 Å². The van der Waals surface area contributed by atoms with Gasteiger partial charge in [-0.15, -0.1) is 0 Å². The first-order chi connectivity index (χ1) is 3.27. The summed E-state index contributed by atoms with van der Waals surface area (Å²) in [5.41, 5.74) is 4.62. The van der Waals surface area contributed by atoms with Gasteiger partial charge in [0.15, 0.2) is 0 Å². The number of carbonyl (C=O) groups excluding carboxylic acids is 1. The Kier molecular flexibility index (Phi) is 10.6. The minimum Gasteiger partial charge on any atom is -1.00 e. The van der Waals surface area contributed by atoms with Crippen LogP contribution >= 0.6 is 0 Å². The summed E-state index contributed by atoms with van der Waals surface area (Å²) in [5, 5.41) is 10.2. The van der Waals surface area contributed by atoms with Crippen molar-refractivity contribution in [1.29, 1.82) is 0 Å². The molecule has 4 nitrogen and oxygen atoms in total. The predicted octanol–water partition coefficient (Wildman–Crippen LogP) is -1.51. The van der Waals surface area contributed by atoms with Crippen LogP contribution in [0.4, 0.5) is 4.79 Å². The van der Waals surface area contributed by atoms with Crippen LogP contribution in [0.15, 0.2) is 0 Å². The fourth-order valence-corrected chi connectivity index (χ4v) is 0.179. The standard InChI is InChI=1S/C3H8N2O2.Ca.2H/c4-3(7)5-1-2-6;;;/h6H,1-2H2,(H3,4,5,7);;;/q;+2;2*-1. The van der Waals surface area contributed by atoms with Crippen molar-refractivity contribution in [3.05, 3.63) is 0 Å². The minimum absolute atomic E-state index is 0. The minimum atomic E-state index is -0.603. The molecule has 0 rings (SSSR count). The molecule has 0 saturated heterocycles. The summed E-state index contributed by atoms with van der Waals surface area (Å²) in [6.07, 6.45) is 0. The van der Waals surface area contributed by atoms with Crippen LogP contribution in [0.5, 0.6) is 0 Å². The molecule has 0 aromatic rings. The van der Waals surface area contributed by atoms with Gasteiger partial charge in [-0.25, -0.2) is 4.79 Å². The molecule has 0 bridgehead atoms. The van der Waals surface area contributed by atoms with Gasteiger partial charge in [-0.1, -0.05) is 0 Å².